The Hall–Kier alpha value is -1.60. The number of carbonyl (C=O) groups excluding carboxylic acids is 1. The molecule has 0 aromatic carbocycles. The number of thiophene rings is 1. The standard InChI is InChI=1S/C14H20N2O4S/c1-14(2,11-4-3-7-21-11)9-15-13(19)16-5-6-20-10(8-16)12(17)18/h3-4,7,10H,5-6,8-9H2,1-2H3,(H,15,19)(H,17,18). The molecule has 1 unspecified atom stereocenters. The van der Waals surface area contributed by atoms with Crippen LogP contribution in [0.3, 0.4) is 0 Å². The third kappa shape index (κ3) is 3.95. The van der Waals surface area contributed by atoms with Gasteiger partial charge in [0.05, 0.1) is 13.2 Å². The lowest BCUT2D eigenvalue weighted by atomic mass is 9.91. The van der Waals surface area contributed by atoms with Crippen LogP contribution in [0.15, 0.2) is 17.5 Å². The van der Waals surface area contributed by atoms with Gasteiger partial charge in [0, 0.05) is 23.4 Å². The minimum absolute atomic E-state index is 0.0839. The van der Waals surface area contributed by atoms with E-state index in [0.29, 0.717) is 13.1 Å². The molecule has 1 aromatic heterocycles. The molecule has 1 aromatic rings. The first-order valence-electron chi connectivity index (χ1n) is 6.81. The zero-order valence-electron chi connectivity index (χ0n) is 12.2. The first kappa shape index (κ1) is 15.8. The minimum atomic E-state index is -1.04. The summed E-state index contributed by atoms with van der Waals surface area (Å²) in [6.07, 6.45) is -0.935. The summed E-state index contributed by atoms with van der Waals surface area (Å²) in [5.74, 6) is -1.04. The molecule has 1 atom stereocenters. The number of urea groups is 1. The lowest BCUT2D eigenvalue weighted by Gasteiger charge is -2.32. The molecular formula is C14H20N2O4S. The molecule has 0 saturated carbocycles. The minimum Gasteiger partial charge on any atom is -0.479 e. The van der Waals surface area contributed by atoms with Gasteiger partial charge in [-0.25, -0.2) is 9.59 Å². The number of nitrogens with one attached hydrogen (secondary N) is 1. The van der Waals surface area contributed by atoms with Gasteiger partial charge < -0.3 is 20.1 Å². The van der Waals surface area contributed by atoms with E-state index in [9.17, 15) is 9.59 Å². The van der Waals surface area contributed by atoms with E-state index in [4.69, 9.17) is 9.84 Å². The average molecular weight is 312 g/mol. The molecule has 0 radical (unpaired) electrons. The zero-order chi connectivity index (χ0) is 15.5. The van der Waals surface area contributed by atoms with E-state index in [1.165, 1.54) is 9.78 Å². The molecule has 116 valence electrons. The number of morpholine rings is 1. The average Bonchev–Trinajstić information content (AvgIpc) is 3.00. The number of hydrogen-bond acceptors (Lipinski definition) is 4. The monoisotopic (exact) mass is 312 g/mol. The van der Waals surface area contributed by atoms with Gasteiger partial charge in [-0.15, -0.1) is 11.3 Å². The van der Waals surface area contributed by atoms with Crippen molar-refractivity contribution in [2.45, 2.75) is 25.4 Å². The van der Waals surface area contributed by atoms with Crippen LogP contribution in [0.25, 0.3) is 0 Å². The molecule has 6 nitrogen and oxygen atoms in total. The predicted molar refractivity (Wildman–Crippen MR) is 79.7 cm³/mol. The number of ether oxygens (including phenoxy) is 1. The highest BCUT2D eigenvalue weighted by Crippen LogP contribution is 2.26. The Morgan fingerprint density at radius 1 is 1.57 bits per heavy atom. The molecule has 1 saturated heterocycles. The van der Waals surface area contributed by atoms with Crippen molar-refractivity contribution >= 4 is 23.3 Å². The molecule has 2 amide bonds. The van der Waals surface area contributed by atoms with Crippen LogP contribution in [-0.2, 0) is 14.9 Å². The van der Waals surface area contributed by atoms with Crippen LogP contribution in [0.5, 0.6) is 0 Å². The van der Waals surface area contributed by atoms with Gasteiger partial charge in [0.1, 0.15) is 0 Å². The van der Waals surface area contributed by atoms with Gasteiger partial charge >= 0.3 is 12.0 Å². The second kappa shape index (κ2) is 6.44. The summed E-state index contributed by atoms with van der Waals surface area (Å²) in [4.78, 5) is 25.8. The molecule has 21 heavy (non-hydrogen) atoms. The molecule has 2 heterocycles. The molecule has 2 N–H and O–H groups in total. The Bertz CT molecular complexity index is 501. The fraction of sp³-hybridized carbons (Fsp3) is 0.571. The number of hydrogen-bond donors (Lipinski definition) is 2. The first-order valence-corrected chi connectivity index (χ1v) is 7.69. The van der Waals surface area contributed by atoms with E-state index in [0.717, 1.165) is 0 Å². The molecule has 0 aliphatic carbocycles. The summed E-state index contributed by atoms with van der Waals surface area (Å²) in [5, 5.41) is 13.8. The second-order valence-corrected chi connectivity index (χ2v) is 6.61. The Kier molecular flexibility index (Phi) is 4.84. The summed E-state index contributed by atoms with van der Waals surface area (Å²) in [7, 11) is 0. The molecule has 1 fully saturated rings. The summed E-state index contributed by atoms with van der Waals surface area (Å²) in [6.45, 7) is 5.38. The van der Waals surface area contributed by atoms with Crippen molar-refractivity contribution in [3.05, 3.63) is 22.4 Å². The molecule has 1 aliphatic rings. The summed E-state index contributed by atoms with van der Waals surface area (Å²) < 4.78 is 5.10. The number of carboxylic acid groups (broad SMARTS) is 1. The van der Waals surface area contributed by atoms with Crippen LogP contribution in [0.4, 0.5) is 4.79 Å². The maximum Gasteiger partial charge on any atom is 0.334 e. The van der Waals surface area contributed by atoms with Crippen LogP contribution >= 0.6 is 11.3 Å². The van der Waals surface area contributed by atoms with Gasteiger partial charge in [-0.05, 0) is 11.4 Å². The lowest BCUT2D eigenvalue weighted by Crippen LogP contribution is -2.53. The van der Waals surface area contributed by atoms with Crippen LogP contribution in [-0.4, -0.2) is 54.4 Å². The van der Waals surface area contributed by atoms with Crippen molar-refractivity contribution < 1.29 is 19.4 Å². The highest BCUT2D eigenvalue weighted by atomic mass is 32.1. The van der Waals surface area contributed by atoms with Crippen molar-refractivity contribution in [1.29, 1.82) is 0 Å². The SMILES string of the molecule is CC(C)(CNC(=O)N1CCOC(C(=O)O)C1)c1cccs1. The van der Waals surface area contributed by atoms with Crippen molar-refractivity contribution in [3.8, 4) is 0 Å². The highest BCUT2D eigenvalue weighted by molar-refractivity contribution is 7.10. The lowest BCUT2D eigenvalue weighted by molar-refractivity contribution is -0.154. The maximum absolute atomic E-state index is 12.2. The molecular weight excluding hydrogens is 292 g/mol. The molecule has 1 aliphatic heterocycles. The van der Waals surface area contributed by atoms with E-state index < -0.39 is 12.1 Å². The van der Waals surface area contributed by atoms with Crippen LogP contribution < -0.4 is 5.32 Å². The summed E-state index contributed by atoms with van der Waals surface area (Å²) >= 11 is 1.66. The quantitative estimate of drug-likeness (QED) is 0.883. The van der Waals surface area contributed by atoms with Crippen LogP contribution in [0, 0.1) is 0 Å². The molecule has 2 rings (SSSR count). The number of carboxylic acids is 1. The number of carbonyl (C=O) groups is 2. The third-order valence-corrected chi connectivity index (χ3v) is 4.73. The van der Waals surface area contributed by atoms with E-state index >= 15 is 0 Å². The molecule has 0 bridgehead atoms. The first-order chi connectivity index (χ1) is 9.90. The van der Waals surface area contributed by atoms with Gasteiger partial charge in [-0.2, -0.15) is 0 Å². The Labute approximate surface area is 127 Å². The van der Waals surface area contributed by atoms with Crippen LogP contribution in [0.2, 0.25) is 0 Å². The second-order valence-electron chi connectivity index (χ2n) is 5.66. The van der Waals surface area contributed by atoms with Gasteiger partial charge in [-0.3, -0.25) is 0 Å². The molecule has 0 spiro atoms. The topological polar surface area (TPSA) is 78.9 Å². The fourth-order valence-corrected chi connectivity index (χ4v) is 2.99. The summed E-state index contributed by atoms with van der Waals surface area (Å²) in [6, 6.07) is 3.80. The Morgan fingerprint density at radius 2 is 2.33 bits per heavy atom. The zero-order valence-corrected chi connectivity index (χ0v) is 13.0. The third-order valence-electron chi connectivity index (χ3n) is 3.50. The Morgan fingerprint density at radius 3 is 2.95 bits per heavy atom. The molecule has 7 heteroatoms. The van der Waals surface area contributed by atoms with Crippen molar-refractivity contribution in [2.24, 2.45) is 0 Å². The fourth-order valence-electron chi connectivity index (χ4n) is 2.14. The van der Waals surface area contributed by atoms with Gasteiger partial charge in [-0.1, -0.05) is 19.9 Å². The van der Waals surface area contributed by atoms with Crippen LogP contribution in [0.1, 0.15) is 18.7 Å². The van der Waals surface area contributed by atoms with Crippen molar-refractivity contribution in [3.63, 3.8) is 0 Å². The van der Waals surface area contributed by atoms with E-state index in [-0.39, 0.29) is 24.6 Å². The largest absolute Gasteiger partial charge is 0.479 e. The van der Waals surface area contributed by atoms with Gasteiger partial charge in [0.2, 0.25) is 0 Å². The van der Waals surface area contributed by atoms with Crippen molar-refractivity contribution in [1.82, 2.24) is 10.2 Å². The maximum atomic E-state index is 12.2. The smallest absolute Gasteiger partial charge is 0.334 e. The van der Waals surface area contributed by atoms with Crippen molar-refractivity contribution in [2.75, 3.05) is 26.2 Å². The normalized spacial score (nSPS) is 19.3. The van der Waals surface area contributed by atoms with Gasteiger partial charge in [0.25, 0.3) is 0 Å². The number of nitrogens with zero attached hydrogens (tertiary/aromatic N) is 1. The van der Waals surface area contributed by atoms with E-state index in [1.54, 1.807) is 11.3 Å². The Balaban J connectivity index is 1.88. The highest BCUT2D eigenvalue weighted by Gasteiger charge is 2.30. The van der Waals surface area contributed by atoms with E-state index in [2.05, 4.69) is 19.2 Å². The summed E-state index contributed by atoms with van der Waals surface area (Å²) in [5.41, 5.74) is -0.150. The number of aliphatic carboxylic acids is 1. The van der Waals surface area contributed by atoms with Gasteiger partial charge in [0.15, 0.2) is 6.10 Å². The number of amides is 2. The predicted octanol–water partition coefficient (Wildman–Crippen LogP) is 1.52. The number of rotatable bonds is 4. The van der Waals surface area contributed by atoms with E-state index in [1.807, 2.05) is 17.5 Å².